The van der Waals surface area contributed by atoms with Crippen molar-refractivity contribution in [2.75, 3.05) is 13.1 Å². The van der Waals surface area contributed by atoms with Gasteiger partial charge in [0.2, 0.25) is 11.8 Å². The summed E-state index contributed by atoms with van der Waals surface area (Å²) in [7, 11) is 0. The minimum Gasteiger partial charge on any atom is -0.316 e. The van der Waals surface area contributed by atoms with E-state index in [-0.39, 0.29) is 24.3 Å². The summed E-state index contributed by atoms with van der Waals surface area (Å²) in [6.07, 6.45) is 3.82. The monoisotopic (exact) mass is 396 g/mol. The SMILES string of the molecule is O=C1CCC(N2C(=O)c3ccc(CNC4(C5CCNC5)CC4)cc3C2=O)C(=O)N1. The first-order chi connectivity index (χ1) is 14.0. The van der Waals surface area contributed by atoms with Gasteiger partial charge in [-0.3, -0.25) is 29.4 Å². The van der Waals surface area contributed by atoms with Crippen molar-refractivity contribution in [3.63, 3.8) is 0 Å². The van der Waals surface area contributed by atoms with E-state index in [9.17, 15) is 19.2 Å². The van der Waals surface area contributed by atoms with E-state index in [0.29, 0.717) is 23.6 Å². The summed E-state index contributed by atoms with van der Waals surface area (Å²) < 4.78 is 0. The molecule has 2 saturated heterocycles. The Bertz CT molecular complexity index is 917. The van der Waals surface area contributed by atoms with Crippen LogP contribution in [0.5, 0.6) is 0 Å². The van der Waals surface area contributed by atoms with E-state index in [4.69, 9.17) is 0 Å². The number of imide groups is 2. The van der Waals surface area contributed by atoms with Crippen molar-refractivity contribution >= 4 is 23.6 Å². The summed E-state index contributed by atoms with van der Waals surface area (Å²) in [5, 5.41) is 9.32. The van der Waals surface area contributed by atoms with Crippen molar-refractivity contribution in [1.82, 2.24) is 20.9 Å². The number of hydrogen-bond donors (Lipinski definition) is 3. The Morgan fingerprint density at radius 1 is 1.07 bits per heavy atom. The number of fused-ring (bicyclic) bond motifs is 1. The third-order valence-corrected chi connectivity index (χ3v) is 6.78. The van der Waals surface area contributed by atoms with E-state index in [1.54, 1.807) is 12.1 Å². The van der Waals surface area contributed by atoms with Gasteiger partial charge in [0.15, 0.2) is 0 Å². The van der Waals surface area contributed by atoms with E-state index >= 15 is 0 Å². The van der Waals surface area contributed by atoms with Crippen LogP contribution in [-0.4, -0.2) is 53.2 Å². The number of nitrogens with zero attached hydrogens (tertiary/aromatic N) is 1. The van der Waals surface area contributed by atoms with Crippen molar-refractivity contribution in [1.29, 1.82) is 0 Å². The first kappa shape index (κ1) is 18.4. The van der Waals surface area contributed by atoms with Crippen molar-refractivity contribution in [2.24, 2.45) is 5.92 Å². The highest BCUT2D eigenvalue weighted by atomic mass is 16.2. The van der Waals surface area contributed by atoms with Crippen LogP contribution in [0.15, 0.2) is 18.2 Å². The molecule has 0 bridgehead atoms. The van der Waals surface area contributed by atoms with Crippen molar-refractivity contribution in [3.05, 3.63) is 34.9 Å². The molecule has 2 atom stereocenters. The Labute approximate surface area is 168 Å². The van der Waals surface area contributed by atoms with Gasteiger partial charge in [0.25, 0.3) is 11.8 Å². The number of piperidine rings is 1. The quantitative estimate of drug-likeness (QED) is 0.619. The Balaban J connectivity index is 1.32. The zero-order valence-corrected chi connectivity index (χ0v) is 16.1. The van der Waals surface area contributed by atoms with Crippen LogP contribution in [0, 0.1) is 5.92 Å². The van der Waals surface area contributed by atoms with Crippen LogP contribution in [0.1, 0.15) is 58.4 Å². The van der Waals surface area contributed by atoms with E-state index in [2.05, 4.69) is 16.0 Å². The molecule has 152 valence electrons. The molecule has 2 unspecified atom stereocenters. The second-order valence-electron chi connectivity index (χ2n) is 8.53. The summed E-state index contributed by atoms with van der Waals surface area (Å²) in [5.41, 5.74) is 1.81. The van der Waals surface area contributed by atoms with Gasteiger partial charge in [-0.2, -0.15) is 0 Å². The molecule has 3 fully saturated rings. The number of amides is 4. The molecule has 0 aromatic heterocycles. The second kappa shape index (κ2) is 6.74. The van der Waals surface area contributed by atoms with Crippen LogP contribution in [0.2, 0.25) is 0 Å². The number of rotatable bonds is 5. The molecule has 29 heavy (non-hydrogen) atoms. The Kier molecular flexibility index (Phi) is 4.29. The predicted molar refractivity (Wildman–Crippen MR) is 103 cm³/mol. The molecule has 3 N–H and O–H groups in total. The fourth-order valence-electron chi connectivity index (χ4n) is 4.90. The molecular formula is C21H24N4O4. The van der Waals surface area contributed by atoms with Crippen LogP contribution in [0.3, 0.4) is 0 Å². The number of carbonyl (C=O) groups excluding carboxylic acids is 4. The van der Waals surface area contributed by atoms with Gasteiger partial charge in [-0.15, -0.1) is 0 Å². The molecule has 3 heterocycles. The first-order valence-corrected chi connectivity index (χ1v) is 10.3. The van der Waals surface area contributed by atoms with E-state index < -0.39 is 23.8 Å². The van der Waals surface area contributed by atoms with Gasteiger partial charge in [-0.1, -0.05) is 6.07 Å². The fraction of sp³-hybridized carbons (Fsp3) is 0.524. The van der Waals surface area contributed by atoms with E-state index in [1.165, 1.54) is 19.3 Å². The molecule has 4 aliphatic rings. The summed E-state index contributed by atoms with van der Waals surface area (Å²) >= 11 is 0. The lowest BCUT2D eigenvalue weighted by atomic mass is 9.96. The lowest BCUT2D eigenvalue weighted by molar-refractivity contribution is -0.136. The van der Waals surface area contributed by atoms with Crippen LogP contribution in [-0.2, 0) is 16.1 Å². The largest absolute Gasteiger partial charge is 0.316 e. The van der Waals surface area contributed by atoms with Gasteiger partial charge in [-0.05, 0) is 62.4 Å². The van der Waals surface area contributed by atoms with Crippen LogP contribution < -0.4 is 16.0 Å². The summed E-state index contributed by atoms with van der Waals surface area (Å²) in [5.74, 6) is -1.23. The molecule has 1 aliphatic carbocycles. The Morgan fingerprint density at radius 3 is 2.55 bits per heavy atom. The zero-order chi connectivity index (χ0) is 20.2. The standard InChI is InChI=1S/C21H24N4O4/c26-17-4-3-16(18(27)24-17)25-19(28)14-2-1-12(9-15(14)20(25)29)10-23-21(6-7-21)13-5-8-22-11-13/h1-2,9,13,16,22-23H,3-8,10-11H2,(H,24,26,27). The molecule has 8 heteroatoms. The molecule has 3 aliphatic heterocycles. The van der Waals surface area contributed by atoms with Crippen LogP contribution in [0.4, 0.5) is 0 Å². The van der Waals surface area contributed by atoms with Gasteiger partial charge in [0.1, 0.15) is 6.04 Å². The third-order valence-electron chi connectivity index (χ3n) is 6.78. The third kappa shape index (κ3) is 3.07. The summed E-state index contributed by atoms with van der Waals surface area (Å²) in [4.78, 5) is 50.2. The zero-order valence-electron chi connectivity index (χ0n) is 16.1. The topological polar surface area (TPSA) is 108 Å². The van der Waals surface area contributed by atoms with Crippen molar-refractivity contribution in [2.45, 2.75) is 50.2 Å². The second-order valence-corrected chi connectivity index (χ2v) is 8.53. The average molecular weight is 396 g/mol. The maximum Gasteiger partial charge on any atom is 0.262 e. The molecule has 4 amide bonds. The molecular weight excluding hydrogens is 372 g/mol. The van der Waals surface area contributed by atoms with Crippen molar-refractivity contribution < 1.29 is 19.2 Å². The summed E-state index contributed by atoms with van der Waals surface area (Å²) in [6.45, 7) is 2.76. The molecule has 1 saturated carbocycles. The van der Waals surface area contributed by atoms with Gasteiger partial charge < -0.3 is 10.6 Å². The lowest BCUT2D eigenvalue weighted by Crippen LogP contribution is -2.54. The number of benzene rings is 1. The van der Waals surface area contributed by atoms with Crippen LogP contribution in [0.25, 0.3) is 0 Å². The van der Waals surface area contributed by atoms with Crippen molar-refractivity contribution in [3.8, 4) is 0 Å². The van der Waals surface area contributed by atoms with Gasteiger partial charge in [0.05, 0.1) is 11.1 Å². The molecule has 0 radical (unpaired) electrons. The van der Waals surface area contributed by atoms with E-state index in [1.807, 2.05) is 6.07 Å². The average Bonchev–Trinajstić information content (AvgIpc) is 3.20. The molecule has 1 aromatic carbocycles. The maximum atomic E-state index is 12.9. The molecule has 0 spiro atoms. The highest BCUT2D eigenvalue weighted by Gasteiger charge is 2.49. The first-order valence-electron chi connectivity index (χ1n) is 10.3. The highest BCUT2D eigenvalue weighted by Crippen LogP contribution is 2.45. The smallest absolute Gasteiger partial charge is 0.262 e. The molecule has 1 aromatic rings. The van der Waals surface area contributed by atoms with Gasteiger partial charge in [0, 0.05) is 18.5 Å². The Hall–Kier alpha value is -2.58. The number of carbonyl (C=O) groups is 4. The van der Waals surface area contributed by atoms with Gasteiger partial charge in [-0.25, -0.2) is 0 Å². The van der Waals surface area contributed by atoms with E-state index in [0.717, 1.165) is 23.6 Å². The van der Waals surface area contributed by atoms with Gasteiger partial charge >= 0.3 is 0 Å². The number of nitrogens with one attached hydrogen (secondary N) is 3. The molecule has 8 nitrogen and oxygen atoms in total. The predicted octanol–water partition coefficient (Wildman–Crippen LogP) is 0.320. The maximum absolute atomic E-state index is 12.9. The highest BCUT2D eigenvalue weighted by molar-refractivity contribution is 6.23. The minimum absolute atomic E-state index is 0.122. The van der Waals surface area contributed by atoms with Crippen LogP contribution >= 0.6 is 0 Å². The lowest BCUT2D eigenvalue weighted by Gasteiger charge is -2.27. The number of hydrogen-bond acceptors (Lipinski definition) is 6. The summed E-state index contributed by atoms with van der Waals surface area (Å²) in [6, 6.07) is 4.38. The Morgan fingerprint density at radius 2 is 1.86 bits per heavy atom. The minimum atomic E-state index is -0.925. The fourth-order valence-corrected chi connectivity index (χ4v) is 4.90. The molecule has 5 rings (SSSR count). The normalized spacial score (nSPS) is 27.9.